The number of benzene rings is 2. The number of amides is 1. The molecule has 138 valence electrons. The first-order chi connectivity index (χ1) is 12.8. The predicted octanol–water partition coefficient (Wildman–Crippen LogP) is 5.01. The third-order valence-corrected chi connectivity index (χ3v) is 4.36. The average molecular weight is 360 g/mol. The van der Waals surface area contributed by atoms with Crippen molar-refractivity contribution < 1.29 is 4.79 Å². The second-order valence-electron chi connectivity index (χ2n) is 6.93. The van der Waals surface area contributed by atoms with Gasteiger partial charge in [0, 0.05) is 17.1 Å². The van der Waals surface area contributed by atoms with Gasteiger partial charge in [0.15, 0.2) is 0 Å². The van der Waals surface area contributed by atoms with Gasteiger partial charge < -0.3 is 10.6 Å². The van der Waals surface area contributed by atoms with Crippen LogP contribution in [-0.4, -0.2) is 15.9 Å². The van der Waals surface area contributed by atoms with Gasteiger partial charge in [-0.25, -0.2) is 9.97 Å². The second kappa shape index (κ2) is 7.58. The number of nitrogens with one attached hydrogen (secondary N) is 2. The van der Waals surface area contributed by atoms with Crippen molar-refractivity contribution in [3.05, 3.63) is 76.1 Å². The van der Waals surface area contributed by atoms with Crippen LogP contribution in [0.15, 0.2) is 42.5 Å². The molecule has 0 fully saturated rings. The van der Waals surface area contributed by atoms with Crippen LogP contribution in [0.4, 0.5) is 17.3 Å². The van der Waals surface area contributed by atoms with Crippen LogP contribution in [-0.2, 0) is 0 Å². The zero-order valence-electron chi connectivity index (χ0n) is 16.3. The van der Waals surface area contributed by atoms with Crippen LogP contribution in [0.3, 0.4) is 0 Å². The highest BCUT2D eigenvalue weighted by molar-refractivity contribution is 6.03. The zero-order valence-corrected chi connectivity index (χ0v) is 16.3. The molecule has 1 heterocycles. The highest BCUT2D eigenvalue weighted by atomic mass is 16.1. The SMILES string of the molecule is Cc1ccc(NC(=O)c2cc(C)nc(Nc3cc(C)ccc3C)n2)c(C)c1. The summed E-state index contributed by atoms with van der Waals surface area (Å²) < 4.78 is 0. The van der Waals surface area contributed by atoms with E-state index in [9.17, 15) is 4.79 Å². The molecule has 1 aromatic heterocycles. The summed E-state index contributed by atoms with van der Waals surface area (Å²) in [6.07, 6.45) is 0. The lowest BCUT2D eigenvalue weighted by molar-refractivity contribution is 0.102. The highest BCUT2D eigenvalue weighted by Crippen LogP contribution is 2.21. The number of aromatic nitrogens is 2. The predicted molar refractivity (Wildman–Crippen MR) is 110 cm³/mol. The lowest BCUT2D eigenvalue weighted by Gasteiger charge is -2.12. The molecule has 0 saturated carbocycles. The molecule has 0 unspecified atom stereocenters. The third-order valence-electron chi connectivity index (χ3n) is 4.36. The number of hydrogen-bond acceptors (Lipinski definition) is 4. The molecule has 2 aromatic carbocycles. The Morgan fingerprint density at radius 1 is 0.778 bits per heavy atom. The molecule has 0 bridgehead atoms. The number of rotatable bonds is 4. The fourth-order valence-corrected chi connectivity index (χ4v) is 2.87. The number of anilines is 3. The summed E-state index contributed by atoms with van der Waals surface area (Å²) in [7, 11) is 0. The fraction of sp³-hybridized carbons (Fsp3) is 0.227. The smallest absolute Gasteiger partial charge is 0.274 e. The molecule has 0 aliphatic rings. The first-order valence-corrected chi connectivity index (χ1v) is 8.90. The van der Waals surface area contributed by atoms with Gasteiger partial charge in [-0.1, -0.05) is 29.8 Å². The van der Waals surface area contributed by atoms with Crippen molar-refractivity contribution in [3.8, 4) is 0 Å². The Balaban J connectivity index is 1.86. The summed E-state index contributed by atoms with van der Waals surface area (Å²) in [4.78, 5) is 21.5. The monoisotopic (exact) mass is 360 g/mol. The lowest BCUT2D eigenvalue weighted by atomic mass is 10.1. The summed E-state index contributed by atoms with van der Waals surface area (Å²) >= 11 is 0. The maximum atomic E-state index is 12.7. The first kappa shape index (κ1) is 18.6. The van der Waals surface area contributed by atoms with Gasteiger partial charge in [0.2, 0.25) is 5.95 Å². The largest absolute Gasteiger partial charge is 0.324 e. The average Bonchev–Trinajstić information content (AvgIpc) is 2.60. The van der Waals surface area contributed by atoms with E-state index in [4.69, 9.17) is 0 Å². The molecule has 0 atom stereocenters. The van der Waals surface area contributed by atoms with Crippen LogP contribution in [0.2, 0.25) is 0 Å². The Labute approximate surface area is 159 Å². The highest BCUT2D eigenvalue weighted by Gasteiger charge is 2.13. The summed E-state index contributed by atoms with van der Waals surface area (Å²) in [5.41, 5.74) is 7.17. The molecule has 0 radical (unpaired) electrons. The van der Waals surface area contributed by atoms with E-state index < -0.39 is 0 Å². The molecule has 1 amide bonds. The van der Waals surface area contributed by atoms with Crippen LogP contribution < -0.4 is 10.6 Å². The van der Waals surface area contributed by atoms with E-state index in [1.807, 2.05) is 65.0 Å². The Kier molecular flexibility index (Phi) is 5.21. The Bertz CT molecular complexity index is 1010. The molecule has 5 nitrogen and oxygen atoms in total. The standard InChI is InChI=1S/C22H24N4O/c1-13-7-9-18(16(4)10-13)24-21(27)20-12-17(5)23-22(26-20)25-19-11-14(2)6-8-15(19)3/h6-12H,1-5H3,(H,24,27)(H,23,25,26). The molecular formula is C22H24N4O. The molecule has 5 heteroatoms. The van der Waals surface area contributed by atoms with E-state index in [1.54, 1.807) is 6.07 Å². The number of nitrogens with zero attached hydrogens (tertiary/aromatic N) is 2. The van der Waals surface area contributed by atoms with E-state index in [0.29, 0.717) is 11.6 Å². The molecule has 3 rings (SSSR count). The van der Waals surface area contributed by atoms with Gasteiger partial charge in [0.25, 0.3) is 5.91 Å². The Morgan fingerprint density at radius 3 is 2.22 bits per heavy atom. The quantitative estimate of drug-likeness (QED) is 0.686. The minimum absolute atomic E-state index is 0.253. The van der Waals surface area contributed by atoms with Crippen molar-refractivity contribution in [3.63, 3.8) is 0 Å². The molecule has 0 spiro atoms. The first-order valence-electron chi connectivity index (χ1n) is 8.90. The van der Waals surface area contributed by atoms with Crippen molar-refractivity contribution in [2.75, 3.05) is 10.6 Å². The van der Waals surface area contributed by atoms with Crippen LogP contribution in [0, 0.1) is 34.6 Å². The van der Waals surface area contributed by atoms with Crippen molar-refractivity contribution in [2.45, 2.75) is 34.6 Å². The maximum absolute atomic E-state index is 12.7. The summed E-state index contributed by atoms with van der Waals surface area (Å²) in [6, 6.07) is 13.7. The number of carbonyl (C=O) groups excluding carboxylic acids is 1. The van der Waals surface area contributed by atoms with Gasteiger partial charge in [0.05, 0.1) is 0 Å². The van der Waals surface area contributed by atoms with Gasteiger partial charge in [-0.3, -0.25) is 4.79 Å². The molecule has 2 N–H and O–H groups in total. The van der Waals surface area contributed by atoms with Crippen molar-refractivity contribution in [1.29, 1.82) is 0 Å². The van der Waals surface area contributed by atoms with E-state index in [0.717, 1.165) is 39.3 Å². The summed E-state index contributed by atoms with van der Waals surface area (Å²) in [6.45, 7) is 9.90. The Hall–Kier alpha value is -3.21. The molecule has 0 saturated heterocycles. The third kappa shape index (κ3) is 4.50. The van der Waals surface area contributed by atoms with E-state index in [2.05, 4.69) is 26.7 Å². The van der Waals surface area contributed by atoms with E-state index in [1.165, 1.54) is 0 Å². The van der Waals surface area contributed by atoms with Crippen LogP contribution in [0.5, 0.6) is 0 Å². The lowest BCUT2D eigenvalue weighted by Crippen LogP contribution is -2.16. The van der Waals surface area contributed by atoms with Crippen molar-refractivity contribution in [2.24, 2.45) is 0 Å². The Morgan fingerprint density at radius 2 is 1.48 bits per heavy atom. The van der Waals surface area contributed by atoms with Gasteiger partial charge in [-0.2, -0.15) is 0 Å². The van der Waals surface area contributed by atoms with Gasteiger partial charge in [0.1, 0.15) is 5.69 Å². The molecule has 0 aliphatic carbocycles. The minimum atomic E-state index is -0.253. The topological polar surface area (TPSA) is 66.9 Å². The molecule has 27 heavy (non-hydrogen) atoms. The number of hydrogen-bond donors (Lipinski definition) is 2. The van der Waals surface area contributed by atoms with Crippen LogP contribution in [0.1, 0.15) is 38.4 Å². The summed E-state index contributed by atoms with van der Waals surface area (Å²) in [5.74, 6) is 0.158. The molecule has 0 aliphatic heterocycles. The molecular weight excluding hydrogens is 336 g/mol. The van der Waals surface area contributed by atoms with Gasteiger partial charge in [-0.05, 0) is 69.5 Å². The number of carbonyl (C=O) groups is 1. The van der Waals surface area contributed by atoms with Gasteiger partial charge in [-0.15, -0.1) is 0 Å². The van der Waals surface area contributed by atoms with Crippen molar-refractivity contribution in [1.82, 2.24) is 9.97 Å². The number of aryl methyl sites for hydroxylation is 5. The zero-order chi connectivity index (χ0) is 19.6. The van der Waals surface area contributed by atoms with Gasteiger partial charge >= 0.3 is 0 Å². The normalized spacial score (nSPS) is 10.6. The van der Waals surface area contributed by atoms with Crippen molar-refractivity contribution >= 4 is 23.2 Å². The maximum Gasteiger partial charge on any atom is 0.274 e. The minimum Gasteiger partial charge on any atom is -0.324 e. The van der Waals surface area contributed by atoms with E-state index >= 15 is 0 Å². The fourth-order valence-electron chi connectivity index (χ4n) is 2.87. The van der Waals surface area contributed by atoms with E-state index in [-0.39, 0.29) is 5.91 Å². The summed E-state index contributed by atoms with van der Waals surface area (Å²) in [5, 5.41) is 6.17. The van der Waals surface area contributed by atoms with Crippen LogP contribution >= 0.6 is 0 Å². The molecule has 3 aromatic rings. The van der Waals surface area contributed by atoms with Crippen LogP contribution in [0.25, 0.3) is 0 Å². The second-order valence-corrected chi connectivity index (χ2v) is 6.93.